The fourth-order valence-electron chi connectivity index (χ4n) is 1.20. The molecule has 0 unspecified atom stereocenters. The minimum absolute atomic E-state index is 0.114. The molecule has 0 bridgehead atoms. The molecule has 0 saturated heterocycles. The lowest BCUT2D eigenvalue weighted by Gasteiger charge is -2.03. The Morgan fingerprint density at radius 2 is 1.89 bits per heavy atom. The summed E-state index contributed by atoms with van der Waals surface area (Å²) in [6.07, 6.45) is 0. The number of hydrogen-bond donors (Lipinski definition) is 2. The van der Waals surface area contributed by atoms with Crippen molar-refractivity contribution in [2.75, 3.05) is 0 Å². The second-order valence-corrected chi connectivity index (χ2v) is 3.55. The van der Waals surface area contributed by atoms with E-state index in [0.717, 1.165) is 0 Å². The Morgan fingerprint density at radius 3 is 2.56 bits per heavy atom. The van der Waals surface area contributed by atoms with Crippen LogP contribution in [0.2, 0.25) is 5.02 Å². The van der Waals surface area contributed by atoms with E-state index in [2.05, 4.69) is 10.2 Å². The number of hydrogen-bond acceptors (Lipinski definition) is 5. The minimum atomic E-state index is -1.38. The molecule has 0 radical (unpaired) electrons. The Balaban J connectivity index is 2.25. The number of rotatable bonds is 3. The third kappa shape index (κ3) is 2.30. The van der Waals surface area contributed by atoms with Crippen molar-refractivity contribution in [1.29, 1.82) is 0 Å². The molecule has 2 rings (SSSR count). The molecule has 1 heterocycles. The summed E-state index contributed by atoms with van der Waals surface area (Å²) < 4.78 is 4.92. The molecule has 1 aromatic carbocycles. The van der Waals surface area contributed by atoms with Crippen LogP contribution >= 0.6 is 11.6 Å². The molecule has 0 saturated carbocycles. The number of nitrogens with one attached hydrogen (secondary N) is 1. The fraction of sp³-hybridized carbons (Fsp3) is 0. The van der Waals surface area contributed by atoms with Gasteiger partial charge in [0, 0.05) is 0 Å². The molecule has 0 fully saturated rings. The van der Waals surface area contributed by atoms with E-state index < -0.39 is 23.3 Å². The van der Waals surface area contributed by atoms with Gasteiger partial charge in [0.25, 0.3) is 0 Å². The van der Waals surface area contributed by atoms with E-state index in [-0.39, 0.29) is 10.8 Å². The van der Waals surface area contributed by atoms with Crippen molar-refractivity contribution in [1.82, 2.24) is 15.4 Å². The van der Waals surface area contributed by atoms with Gasteiger partial charge in [0.15, 0.2) is 0 Å². The number of H-pyrrole nitrogens is 1. The van der Waals surface area contributed by atoms with Gasteiger partial charge in [0.2, 0.25) is 11.4 Å². The topological polar surface area (TPSA) is 105 Å². The van der Waals surface area contributed by atoms with Crippen LogP contribution in [0.5, 0.6) is 5.75 Å². The highest BCUT2D eigenvalue weighted by Crippen LogP contribution is 2.24. The summed E-state index contributed by atoms with van der Waals surface area (Å²) in [5, 5.41) is 17.8. The van der Waals surface area contributed by atoms with Crippen molar-refractivity contribution in [2.24, 2.45) is 0 Å². The van der Waals surface area contributed by atoms with Crippen molar-refractivity contribution in [2.45, 2.75) is 0 Å². The highest BCUT2D eigenvalue weighted by molar-refractivity contribution is 6.32. The van der Waals surface area contributed by atoms with Crippen LogP contribution in [0.1, 0.15) is 21.0 Å². The van der Waals surface area contributed by atoms with E-state index >= 15 is 0 Å². The summed E-state index contributed by atoms with van der Waals surface area (Å²) in [6.45, 7) is 0. The van der Waals surface area contributed by atoms with Crippen molar-refractivity contribution < 1.29 is 19.4 Å². The lowest BCUT2D eigenvalue weighted by atomic mass is 10.3. The number of carbonyl (C=O) groups is 2. The number of aromatic nitrogens is 3. The number of carbonyl (C=O) groups excluding carboxylic acids is 1. The third-order valence-electron chi connectivity index (χ3n) is 1.98. The standard InChI is InChI=1S/C10H6ClN3O4/c11-5-3-1-2-4-6(5)18-10(17)8-7(9(15)16)12-14-13-8/h1-4H,(H,15,16)(H,12,13,14). The van der Waals surface area contributed by atoms with E-state index in [1.54, 1.807) is 12.1 Å². The van der Waals surface area contributed by atoms with Crippen LogP contribution in [0.25, 0.3) is 0 Å². The van der Waals surface area contributed by atoms with Gasteiger partial charge in [-0.25, -0.2) is 9.59 Å². The number of nitrogens with zero attached hydrogens (tertiary/aromatic N) is 2. The van der Waals surface area contributed by atoms with Gasteiger partial charge in [-0.1, -0.05) is 23.7 Å². The predicted octanol–water partition coefficient (Wildman–Crippen LogP) is 1.38. The summed E-state index contributed by atoms with van der Waals surface area (Å²) in [4.78, 5) is 22.4. The lowest BCUT2D eigenvalue weighted by molar-refractivity contribution is 0.0661. The second kappa shape index (κ2) is 4.84. The Kier molecular flexibility index (Phi) is 3.24. The maximum atomic E-state index is 11.7. The molecule has 0 aliphatic rings. The van der Waals surface area contributed by atoms with Gasteiger partial charge in [-0.15, -0.1) is 10.2 Å². The number of para-hydroxylation sites is 1. The summed E-state index contributed by atoms with van der Waals surface area (Å²) >= 11 is 5.79. The first kappa shape index (κ1) is 12.1. The lowest BCUT2D eigenvalue weighted by Crippen LogP contribution is -2.14. The Morgan fingerprint density at radius 1 is 1.22 bits per heavy atom. The van der Waals surface area contributed by atoms with Crippen molar-refractivity contribution in [3.8, 4) is 5.75 Å². The first-order valence-electron chi connectivity index (χ1n) is 4.70. The van der Waals surface area contributed by atoms with Gasteiger partial charge >= 0.3 is 11.9 Å². The van der Waals surface area contributed by atoms with Gasteiger partial charge in [-0.3, -0.25) is 0 Å². The maximum absolute atomic E-state index is 11.7. The van der Waals surface area contributed by atoms with Gasteiger partial charge < -0.3 is 9.84 Å². The van der Waals surface area contributed by atoms with Gasteiger partial charge in [-0.2, -0.15) is 5.21 Å². The van der Waals surface area contributed by atoms with Gasteiger partial charge in [-0.05, 0) is 12.1 Å². The second-order valence-electron chi connectivity index (χ2n) is 3.15. The molecule has 2 aromatic rings. The molecule has 7 nitrogen and oxygen atoms in total. The average molecular weight is 268 g/mol. The SMILES string of the molecule is O=C(O)c1n[nH]nc1C(=O)Oc1ccccc1Cl. The Bertz CT molecular complexity index is 611. The number of aromatic carboxylic acids is 1. The summed E-state index contributed by atoms with van der Waals surface area (Å²) in [7, 11) is 0. The molecule has 2 N–H and O–H groups in total. The Hall–Kier alpha value is -2.41. The van der Waals surface area contributed by atoms with Crippen molar-refractivity contribution in [3.63, 3.8) is 0 Å². The molecule has 18 heavy (non-hydrogen) atoms. The zero-order chi connectivity index (χ0) is 13.1. The fourth-order valence-corrected chi connectivity index (χ4v) is 1.37. The molecule has 1 aromatic heterocycles. The summed E-state index contributed by atoms with van der Waals surface area (Å²) in [6, 6.07) is 6.29. The van der Waals surface area contributed by atoms with Crippen LogP contribution in [0, 0.1) is 0 Å². The molecule has 0 aliphatic carbocycles. The van der Waals surface area contributed by atoms with Gasteiger partial charge in [0.05, 0.1) is 5.02 Å². The Labute approximate surface area is 105 Å². The molecule has 0 spiro atoms. The van der Waals surface area contributed by atoms with Crippen LogP contribution in [0.15, 0.2) is 24.3 Å². The monoisotopic (exact) mass is 267 g/mol. The number of halogens is 1. The molecule has 92 valence electrons. The average Bonchev–Trinajstić information content (AvgIpc) is 2.81. The number of carboxylic acid groups (broad SMARTS) is 1. The first-order valence-corrected chi connectivity index (χ1v) is 5.08. The van der Waals surface area contributed by atoms with E-state index in [1.165, 1.54) is 12.1 Å². The van der Waals surface area contributed by atoms with Crippen molar-refractivity contribution >= 4 is 23.5 Å². The first-order chi connectivity index (χ1) is 8.59. The van der Waals surface area contributed by atoms with Crippen LogP contribution in [0.3, 0.4) is 0 Å². The van der Waals surface area contributed by atoms with E-state index in [9.17, 15) is 9.59 Å². The van der Waals surface area contributed by atoms with Gasteiger partial charge in [0.1, 0.15) is 5.75 Å². The molecular weight excluding hydrogens is 262 g/mol. The third-order valence-corrected chi connectivity index (χ3v) is 2.30. The smallest absolute Gasteiger partial charge is 0.366 e. The number of aromatic amines is 1. The molecular formula is C10H6ClN3O4. The molecule has 0 atom stereocenters. The number of carboxylic acids is 1. The van der Waals surface area contributed by atoms with E-state index in [1.807, 2.05) is 5.21 Å². The molecule has 0 amide bonds. The van der Waals surface area contributed by atoms with Crippen LogP contribution in [-0.2, 0) is 0 Å². The van der Waals surface area contributed by atoms with Crippen LogP contribution in [0.4, 0.5) is 0 Å². The van der Waals surface area contributed by atoms with Crippen LogP contribution in [-0.4, -0.2) is 32.5 Å². The largest absolute Gasteiger partial charge is 0.476 e. The normalized spacial score (nSPS) is 10.1. The molecule has 0 aliphatic heterocycles. The molecule has 8 heteroatoms. The summed E-state index contributed by atoms with van der Waals surface area (Å²) in [5.41, 5.74) is -0.922. The van der Waals surface area contributed by atoms with Crippen molar-refractivity contribution in [3.05, 3.63) is 40.7 Å². The van der Waals surface area contributed by atoms with E-state index in [4.69, 9.17) is 21.4 Å². The maximum Gasteiger partial charge on any atom is 0.366 e. The minimum Gasteiger partial charge on any atom is -0.476 e. The highest BCUT2D eigenvalue weighted by atomic mass is 35.5. The number of benzene rings is 1. The summed E-state index contributed by atoms with van der Waals surface area (Å²) in [5.74, 6) is -2.22. The highest BCUT2D eigenvalue weighted by Gasteiger charge is 2.23. The zero-order valence-corrected chi connectivity index (χ0v) is 9.51. The predicted molar refractivity (Wildman–Crippen MR) is 59.8 cm³/mol. The number of ether oxygens (including phenoxy) is 1. The number of esters is 1. The quantitative estimate of drug-likeness (QED) is 0.643. The van der Waals surface area contributed by atoms with Crippen LogP contribution < -0.4 is 4.74 Å². The van der Waals surface area contributed by atoms with E-state index in [0.29, 0.717) is 0 Å². The zero-order valence-electron chi connectivity index (χ0n) is 8.75.